The zero-order valence-corrected chi connectivity index (χ0v) is 11.3. The smallest absolute Gasteiger partial charge is 0.220 e. The molecule has 0 bridgehead atoms. The van der Waals surface area contributed by atoms with Crippen molar-refractivity contribution in [3.63, 3.8) is 0 Å². The Labute approximate surface area is 104 Å². The fraction of sp³-hybridized carbons (Fsp3) is 0.923. The number of ether oxygens (including phenoxy) is 1. The van der Waals surface area contributed by atoms with E-state index < -0.39 is 0 Å². The highest BCUT2D eigenvalue weighted by Crippen LogP contribution is 2.17. The Morgan fingerprint density at radius 3 is 2.59 bits per heavy atom. The van der Waals surface area contributed by atoms with Crippen molar-refractivity contribution < 1.29 is 9.53 Å². The van der Waals surface area contributed by atoms with Crippen molar-refractivity contribution in [1.82, 2.24) is 10.6 Å². The summed E-state index contributed by atoms with van der Waals surface area (Å²) in [5, 5.41) is 6.20. The Bertz CT molecular complexity index is 230. The molecule has 0 unspecified atom stereocenters. The second-order valence-electron chi connectivity index (χ2n) is 5.91. The predicted molar refractivity (Wildman–Crippen MR) is 68.9 cm³/mol. The van der Waals surface area contributed by atoms with Gasteiger partial charge >= 0.3 is 0 Å². The van der Waals surface area contributed by atoms with Gasteiger partial charge in [-0.15, -0.1) is 0 Å². The van der Waals surface area contributed by atoms with Crippen LogP contribution in [-0.2, 0) is 9.53 Å². The molecule has 1 aliphatic rings. The lowest BCUT2D eigenvalue weighted by atomic mass is 9.92. The quantitative estimate of drug-likeness (QED) is 0.715. The number of hydrogen-bond donors (Lipinski definition) is 2. The molecule has 17 heavy (non-hydrogen) atoms. The molecule has 2 N–H and O–H groups in total. The number of piperidine rings is 1. The van der Waals surface area contributed by atoms with Gasteiger partial charge in [-0.1, -0.05) is 20.8 Å². The van der Waals surface area contributed by atoms with Crippen LogP contribution in [-0.4, -0.2) is 38.3 Å². The van der Waals surface area contributed by atoms with E-state index >= 15 is 0 Å². The SMILES string of the molecule is CC(C)(C)CC(=O)NCCOC1CCNCC1. The maximum atomic E-state index is 11.5. The minimum absolute atomic E-state index is 0.0555. The highest BCUT2D eigenvalue weighted by molar-refractivity contribution is 5.76. The van der Waals surface area contributed by atoms with Gasteiger partial charge in [-0.3, -0.25) is 4.79 Å². The Morgan fingerprint density at radius 1 is 1.35 bits per heavy atom. The molecule has 1 rings (SSSR count). The summed E-state index contributed by atoms with van der Waals surface area (Å²) >= 11 is 0. The van der Waals surface area contributed by atoms with Gasteiger partial charge < -0.3 is 15.4 Å². The number of carbonyl (C=O) groups excluding carboxylic acids is 1. The standard InChI is InChI=1S/C13H26N2O2/c1-13(2,3)10-12(16)15-8-9-17-11-4-6-14-7-5-11/h11,14H,4-10H2,1-3H3,(H,15,16). The second-order valence-corrected chi connectivity index (χ2v) is 5.91. The number of hydrogen-bond acceptors (Lipinski definition) is 3. The van der Waals surface area contributed by atoms with Crippen LogP contribution in [0.4, 0.5) is 0 Å². The summed E-state index contributed by atoms with van der Waals surface area (Å²) in [5.41, 5.74) is 0.0555. The lowest BCUT2D eigenvalue weighted by molar-refractivity contribution is -0.123. The molecule has 100 valence electrons. The maximum absolute atomic E-state index is 11.5. The summed E-state index contributed by atoms with van der Waals surface area (Å²) in [4.78, 5) is 11.5. The molecule has 1 amide bonds. The minimum atomic E-state index is 0.0555. The summed E-state index contributed by atoms with van der Waals surface area (Å²) in [7, 11) is 0. The summed E-state index contributed by atoms with van der Waals surface area (Å²) in [5.74, 6) is 0.117. The normalized spacial score (nSPS) is 18.1. The van der Waals surface area contributed by atoms with Crippen LogP contribution < -0.4 is 10.6 Å². The molecule has 0 aliphatic carbocycles. The van der Waals surface area contributed by atoms with E-state index in [-0.39, 0.29) is 11.3 Å². The number of amides is 1. The molecule has 1 saturated heterocycles. The number of nitrogens with one attached hydrogen (secondary N) is 2. The van der Waals surface area contributed by atoms with Gasteiger partial charge in [-0.25, -0.2) is 0 Å². The molecule has 0 aromatic rings. The van der Waals surface area contributed by atoms with Crippen LogP contribution in [0.25, 0.3) is 0 Å². The van der Waals surface area contributed by atoms with Gasteiger partial charge in [-0.2, -0.15) is 0 Å². The van der Waals surface area contributed by atoms with Crippen molar-refractivity contribution in [3.8, 4) is 0 Å². The van der Waals surface area contributed by atoms with Crippen LogP contribution in [0.2, 0.25) is 0 Å². The van der Waals surface area contributed by atoms with Gasteiger partial charge in [0, 0.05) is 13.0 Å². The van der Waals surface area contributed by atoms with Crippen LogP contribution >= 0.6 is 0 Å². The highest BCUT2D eigenvalue weighted by atomic mass is 16.5. The second kappa shape index (κ2) is 6.97. The zero-order valence-electron chi connectivity index (χ0n) is 11.3. The highest BCUT2D eigenvalue weighted by Gasteiger charge is 2.16. The maximum Gasteiger partial charge on any atom is 0.220 e. The molecule has 0 atom stereocenters. The van der Waals surface area contributed by atoms with Crippen molar-refractivity contribution in [2.75, 3.05) is 26.2 Å². The van der Waals surface area contributed by atoms with E-state index in [9.17, 15) is 4.79 Å². The Hall–Kier alpha value is -0.610. The van der Waals surface area contributed by atoms with E-state index in [1.807, 2.05) is 0 Å². The predicted octanol–water partition coefficient (Wildman–Crippen LogP) is 1.31. The third-order valence-corrected chi connectivity index (χ3v) is 2.75. The van der Waals surface area contributed by atoms with E-state index in [0.29, 0.717) is 25.7 Å². The Morgan fingerprint density at radius 2 is 2.00 bits per heavy atom. The van der Waals surface area contributed by atoms with Gasteiger partial charge in [-0.05, 0) is 31.3 Å². The van der Waals surface area contributed by atoms with Crippen LogP contribution in [0.1, 0.15) is 40.0 Å². The van der Waals surface area contributed by atoms with Crippen LogP contribution in [0.5, 0.6) is 0 Å². The third kappa shape index (κ3) is 7.34. The van der Waals surface area contributed by atoms with Crippen molar-refractivity contribution in [2.45, 2.75) is 46.1 Å². The lowest BCUT2D eigenvalue weighted by Gasteiger charge is -2.23. The van der Waals surface area contributed by atoms with Crippen molar-refractivity contribution in [2.24, 2.45) is 5.41 Å². The van der Waals surface area contributed by atoms with Gasteiger partial charge in [0.1, 0.15) is 0 Å². The first-order valence-corrected chi connectivity index (χ1v) is 6.56. The Kier molecular flexibility index (Phi) is 5.92. The largest absolute Gasteiger partial charge is 0.376 e. The van der Waals surface area contributed by atoms with Crippen LogP contribution in [0.3, 0.4) is 0 Å². The van der Waals surface area contributed by atoms with Gasteiger partial charge in [0.05, 0.1) is 12.7 Å². The molecular weight excluding hydrogens is 216 g/mol. The van der Waals surface area contributed by atoms with E-state index in [1.54, 1.807) is 0 Å². The molecule has 1 heterocycles. The first-order valence-electron chi connectivity index (χ1n) is 6.56. The Balaban J connectivity index is 2.01. The van der Waals surface area contributed by atoms with Crippen LogP contribution in [0, 0.1) is 5.41 Å². The monoisotopic (exact) mass is 242 g/mol. The average Bonchev–Trinajstić information content (AvgIpc) is 2.23. The average molecular weight is 242 g/mol. The van der Waals surface area contributed by atoms with Crippen molar-refractivity contribution in [1.29, 1.82) is 0 Å². The summed E-state index contributed by atoms with van der Waals surface area (Å²) < 4.78 is 5.71. The summed E-state index contributed by atoms with van der Waals surface area (Å²) in [6.07, 6.45) is 3.10. The molecule has 4 heteroatoms. The first-order chi connectivity index (χ1) is 7.97. The molecule has 4 nitrogen and oxygen atoms in total. The summed E-state index contributed by atoms with van der Waals surface area (Å²) in [6, 6.07) is 0. The zero-order chi connectivity index (χ0) is 12.7. The van der Waals surface area contributed by atoms with Gasteiger partial charge in [0.2, 0.25) is 5.91 Å². The number of carbonyl (C=O) groups is 1. The number of rotatable bonds is 5. The molecule has 0 radical (unpaired) electrons. The van der Waals surface area contributed by atoms with E-state index in [4.69, 9.17) is 4.74 Å². The minimum Gasteiger partial charge on any atom is -0.376 e. The van der Waals surface area contributed by atoms with Crippen LogP contribution in [0.15, 0.2) is 0 Å². The van der Waals surface area contributed by atoms with Gasteiger partial charge in [0.15, 0.2) is 0 Å². The van der Waals surface area contributed by atoms with E-state index in [0.717, 1.165) is 25.9 Å². The fourth-order valence-corrected chi connectivity index (χ4v) is 1.92. The van der Waals surface area contributed by atoms with E-state index in [2.05, 4.69) is 31.4 Å². The molecule has 0 spiro atoms. The van der Waals surface area contributed by atoms with Gasteiger partial charge in [0.25, 0.3) is 0 Å². The van der Waals surface area contributed by atoms with Crippen molar-refractivity contribution >= 4 is 5.91 Å². The van der Waals surface area contributed by atoms with Crippen molar-refractivity contribution in [3.05, 3.63) is 0 Å². The topological polar surface area (TPSA) is 50.4 Å². The van der Waals surface area contributed by atoms with E-state index in [1.165, 1.54) is 0 Å². The molecule has 1 aliphatic heterocycles. The molecule has 0 aromatic heterocycles. The summed E-state index contributed by atoms with van der Waals surface area (Å²) in [6.45, 7) is 9.54. The molecule has 0 saturated carbocycles. The lowest BCUT2D eigenvalue weighted by Crippen LogP contribution is -2.35. The molecule has 0 aromatic carbocycles. The third-order valence-electron chi connectivity index (χ3n) is 2.75. The fourth-order valence-electron chi connectivity index (χ4n) is 1.92. The molecule has 1 fully saturated rings. The first kappa shape index (κ1) is 14.5. The molecular formula is C13H26N2O2.